The summed E-state index contributed by atoms with van der Waals surface area (Å²) in [7, 11) is 1.58. The number of unbranched alkanes of at least 4 members (excludes halogenated alkanes) is 1. The third-order valence-corrected chi connectivity index (χ3v) is 7.09. The monoisotopic (exact) mass is 588 g/mol. The van der Waals surface area contributed by atoms with Gasteiger partial charge in [0.2, 0.25) is 0 Å². The Balaban J connectivity index is 1.61. The van der Waals surface area contributed by atoms with E-state index < -0.39 is 17.6 Å². The molecular formula is C34H41FN4O4. The van der Waals surface area contributed by atoms with Crippen LogP contribution in [0.15, 0.2) is 96.0 Å². The van der Waals surface area contributed by atoms with Crippen LogP contribution < -0.4 is 15.4 Å². The minimum atomic E-state index is -0.904. The Morgan fingerprint density at radius 2 is 1.77 bits per heavy atom. The second-order valence-electron chi connectivity index (χ2n) is 9.95. The quantitative estimate of drug-likeness (QED) is 0.136. The molecule has 0 aliphatic heterocycles. The van der Waals surface area contributed by atoms with Gasteiger partial charge in [0, 0.05) is 23.9 Å². The molecule has 1 aliphatic rings. The predicted molar refractivity (Wildman–Crippen MR) is 169 cm³/mol. The van der Waals surface area contributed by atoms with Gasteiger partial charge in [-0.05, 0) is 86.8 Å². The van der Waals surface area contributed by atoms with Crippen LogP contribution in [0.4, 0.5) is 10.1 Å². The van der Waals surface area contributed by atoms with E-state index >= 15 is 0 Å². The van der Waals surface area contributed by atoms with Gasteiger partial charge in [-0.25, -0.2) is 4.39 Å². The smallest absolute Gasteiger partial charge is 0.313 e. The highest BCUT2D eigenvalue weighted by atomic mass is 19.1. The molecule has 2 aromatic carbocycles. The molecule has 0 saturated heterocycles. The van der Waals surface area contributed by atoms with Gasteiger partial charge >= 0.3 is 11.8 Å². The average molecular weight is 589 g/mol. The molecule has 0 spiro atoms. The number of ether oxygens (including phenoxy) is 2. The van der Waals surface area contributed by atoms with E-state index in [9.17, 15) is 14.0 Å². The molecule has 3 N–H and O–H groups in total. The molecule has 0 fully saturated rings. The highest BCUT2D eigenvalue weighted by Gasteiger charge is 2.21. The van der Waals surface area contributed by atoms with Gasteiger partial charge < -0.3 is 30.4 Å². The average Bonchev–Trinajstić information content (AvgIpc) is 3.01. The Hall–Kier alpha value is -4.50. The topological polar surface area (TPSA) is 104 Å². The summed E-state index contributed by atoms with van der Waals surface area (Å²) in [5.74, 6) is -1.80. The molecule has 3 rings (SSSR count). The van der Waals surface area contributed by atoms with E-state index in [4.69, 9.17) is 14.9 Å². The molecular weight excluding hydrogens is 547 g/mol. The first kappa shape index (κ1) is 33.0. The van der Waals surface area contributed by atoms with Crippen molar-refractivity contribution in [1.82, 2.24) is 10.2 Å². The number of carbonyl (C=O) groups is 2. The first-order valence-corrected chi connectivity index (χ1v) is 14.5. The summed E-state index contributed by atoms with van der Waals surface area (Å²) in [6.07, 6.45) is 8.22. The van der Waals surface area contributed by atoms with E-state index in [-0.39, 0.29) is 29.5 Å². The van der Waals surface area contributed by atoms with Crippen molar-refractivity contribution in [3.05, 3.63) is 107 Å². The van der Waals surface area contributed by atoms with Crippen LogP contribution in [0.3, 0.4) is 0 Å². The number of methoxy groups -OCH3 is 1. The fourth-order valence-electron chi connectivity index (χ4n) is 4.62. The summed E-state index contributed by atoms with van der Waals surface area (Å²) in [6.45, 7) is 11.5. The number of amides is 2. The maximum Gasteiger partial charge on any atom is 0.313 e. The summed E-state index contributed by atoms with van der Waals surface area (Å²) in [5.41, 5.74) is 2.67. The molecule has 0 saturated carbocycles. The molecule has 9 heteroatoms. The van der Waals surface area contributed by atoms with E-state index in [0.29, 0.717) is 17.8 Å². The normalized spacial score (nSPS) is 14.0. The standard InChI is InChI=1S/C34H41FN4O4/c1-5-30(27-23-32(42-4)25(21-29(27)36)15-11-12-20-39(6-2)7-3)43-31-17-16-26(22-28(31)35)38-34(41)33(40)37-19-18-24-13-9-8-10-14-24/h5,8-10,13-14,16-17,21-23,36H,1,6-7,11-12,15,18-20H2,2-4H3,(H,37,40)(H,38,41)/b30-27+,36-29?. The molecule has 2 aromatic rings. The minimum absolute atomic E-state index is 0.0985. The lowest BCUT2D eigenvalue weighted by Crippen LogP contribution is -2.36. The number of anilines is 1. The van der Waals surface area contributed by atoms with Gasteiger partial charge in [0.15, 0.2) is 11.6 Å². The van der Waals surface area contributed by atoms with Gasteiger partial charge in [-0.15, -0.1) is 0 Å². The molecule has 43 heavy (non-hydrogen) atoms. The predicted octanol–water partition coefficient (Wildman–Crippen LogP) is 5.94. The maximum absolute atomic E-state index is 15.0. The molecule has 0 bridgehead atoms. The fraction of sp³-hybridized carbons (Fsp3) is 0.324. The van der Waals surface area contributed by atoms with Crippen LogP contribution in [-0.2, 0) is 20.7 Å². The Morgan fingerprint density at radius 3 is 2.42 bits per heavy atom. The van der Waals surface area contributed by atoms with Crippen molar-refractivity contribution in [2.45, 2.75) is 39.5 Å². The zero-order chi connectivity index (χ0) is 31.2. The summed E-state index contributed by atoms with van der Waals surface area (Å²) in [5, 5.41) is 13.6. The second kappa shape index (κ2) is 16.8. The number of halogens is 1. The van der Waals surface area contributed by atoms with E-state index in [1.807, 2.05) is 30.3 Å². The Kier molecular flexibility index (Phi) is 12.9. The number of allylic oxidation sites excluding steroid dienone is 5. The van der Waals surface area contributed by atoms with Gasteiger partial charge in [0.1, 0.15) is 11.5 Å². The van der Waals surface area contributed by atoms with Crippen molar-refractivity contribution in [3.63, 3.8) is 0 Å². The van der Waals surface area contributed by atoms with Crippen LogP contribution in [0, 0.1) is 11.2 Å². The van der Waals surface area contributed by atoms with Crippen LogP contribution in [0.2, 0.25) is 0 Å². The van der Waals surface area contributed by atoms with Gasteiger partial charge in [-0.3, -0.25) is 9.59 Å². The van der Waals surface area contributed by atoms with Crippen molar-refractivity contribution >= 4 is 23.2 Å². The fourth-order valence-corrected chi connectivity index (χ4v) is 4.62. The number of benzene rings is 2. The number of hydrogen-bond donors (Lipinski definition) is 3. The maximum atomic E-state index is 15.0. The molecule has 0 heterocycles. The SMILES string of the molecule is C=C/C(Oc1ccc(NC(=O)C(=O)NCCc2ccccc2)cc1F)=C1/C=C(OC)C(CCCCN(CC)CC)=CC1=N. The third-order valence-electron chi connectivity index (χ3n) is 7.09. The van der Waals surface area contributed by atoms with E-state index in [2.05, 4.69) is 36.0 Å². The first-order chi connectivity index (χ1) is 20.8. The van der Waals surface area contributed by atoms with Crippen molar-refractivity contribution in [1.29, 1.82) is 5.41 Å². The van der Waals surface area contributed by atoms with E-state index in [1.54, 1.807) is 19.3 Å². The molecule has 0 radical (unpaired) electrons. The lowest BCUT2D eigenvalue weighted by atomic mass is 9.94. The zero-order valence-corrected chi connectivity index (χ0v) is 25.2. The van der Waals surface area contributed by atoms with Crippen LogP contribution in [0.1, 0.15) is 38.7 Å². The summed E-state index contributed by atoms with van der Waals surface area (Å²) >= 11 is 0. The van der Waals surface area contributed by atoms with Crippen LogP contribution >= 0.6 is 0 Å². The molecule has 2 amide bonds. The number of nitrogens with zero attached hydrogens (tertiary/aromatic N) is 1. The highest BCUT2D eigenvalue weighted by Crippen LogP contribution is 2.30. The van der Waals surface area contributed by atoms with Crippen molar-refractivity contribution in [2.75, 3.05) is 38.6 Å². The van der Waals surface area contributed by atoms with E-state index in [0.717, 1.165) is 56.1 Å². The molecule has 0 unspecified atom stereocenters. The summed E-state index contributed by atoms with van der Waals surface area (Å²) in [4.78, 5) is 26.9. The zero-order valence-electron chi connectivity index (χ0n) is 25.2. The lowest BCUT2D eigenvalue weighted by Gasteiger charge is -2.21. The number of rotatable bonds is 15. The van der Waals surface area contributed by atoms with Crippen molar-refractivity contribution in [3.8, 4) is 5.75 Å². The summed E-state index contributed by atoms with van der Waals surface area (Å²) in [6, 6.07) is 13.4. The van der Waals surface area contributed by atoms with E-state index in [1.165, 1.54) is 18.2 Å². The lowest BCUT2D eigenvalue weighted by molar-refractivity contribution is -0.136. The number of carbonyl (C=O) groups excluding carboxylic acids is 2. The molecule has 1 aliphatic carbocycles. The molecule has 8 nitrogen and oxygen atoms in total. The second-order valence-corrected chi connectivity index (χ2v) is 9.95. The molecule has 228 valence electrons. The van der Waals surface area contributed by atoms with Crippen LogP contribution in [-0.4, -0.2) is 55.7 Å². The molecule has 0 aromatic heterocycles. The van der Waals surface area contributed by atoms with Crippen LogP contribution in [0.5, 0.6) is 5.75 Å². The molecule has 0 atom stereocenters. The van der Waals surface area contributed by atoms with Crippen molar-refractivity contribution in [2.24, 2.45) is 0 Å². The first-order valence-electron chi connectivity index (χ1n) is 14.5. The largest absolute Gasteiger partial charge is 0.496 e. The number of hydrogen-bond acceptors (Lipinski definition) is 6. The minimum Gasteiger partial charge on any atom is -0.496 e. The van der Waals surface area contributed by atoms with Gasteiger partial charge in [-0.2, -0.15) is 0 Å². The highest BCUT2D eigenvalue weighted by molar-refractivity contribution is 6.39. The van der Waals surface area contributed by atoms with Gasteiger partial charge in [0.25, 0.3) is 0 Å². The van der Waals surface area contributed by atoms with Crippen molar-refractivity contribution < 1.29 is 23.5 Å². The summed E-state index contributed by atoms with van der Waals surface area (Å²) < 4.78 is 26.4. The van der Waals surface area contributed by atoms with Gasteiger partial charge in [-0.1, -0.05) is 50.8 Å². The Morgan fingerprint density at radius 1 is 1.02 bits per heavy atom. The Labute approximate surface area is 253 Å². The van der Waals surface area contributed by atoms with Crippen LogP contribution in [0.25, 0.3) is 0 Å². The number of nitrogens with one attached hydrogen (secondary N) is 3. The van der Waals surface area contributed by atoms with Gasteiger partial charge in [0.05, 0.1) is 12.8 Å². The third kappa shape index (κ3) is 9.78. The Bertz CT molecular complexity index is 1390.